The highest BCUT2D eigenvalue weighted by Gasteiger charge is 2.15. The lowest BCUT2D eigenvalue weighted by Gasteiger charge is -2.16. The van der Waals surface area contributed by atoms with Gasteiger partial charge in [-0.1, -0.05) is 25.1 Å². The van der Waals surface area contributed by atoms with E-state index in [9.17, 15) is 5.11 Å². The van der Waals surface area contributed by atoms with Crippen molar-refractivity contribution in [1.29, 1.82) is 5.26 Å². The maximum Gasteiger partial charge on any atom is 0.125 e. The molecule has 1 aromatic carbocycles. The normalized spacial score (nSPS) is 12.8. The molecular formula is C17H25NO2. The second-order valence-electron chi connectivity index (χ2n) is 5.76. The van der Waals surface area contributed by atoms with E-state index in [-0.39, 0.29) is 5.41 Å². The Morgan fingerprint density at radius 3 is 2.65 bits per heavy atom. The topological polar surface area (TPSA) is 53.2 Å². The van der Waals surface area contributed by atoms with E-state index in [2.05, 4.69) is 6.07 Å². The van der Waals surface area contributed by atoms with Crippen LogP contribution in [0.1, 0.15) is 58.1 Å². The fourth-order valence-corrected chi connectivity index (χ4v) is 2.01. The van der Waals surface area contributed by atoms with Crippen LogP contribution in [-0.2, 0) is 0 Å². The summed E-state index contributed by atoms with van der Waals surface area (Å²) < 4.78 is 5.77. The first-order valence-electron chi connectivity index (χ1n) is 7.31. The third-order valence-corrected chi connectivity index (χ3v) is 3.42. The Kier molecular flexibility index (Phi) is 6.54. The van der Waals surface area contributed by atoms with Crippen LogP contribution in [-0.4, -0.2) is 11.7 Å². The van der Waals surface area contributed by atoms with Crippen molar-refractivity contribution in [2.75, 3.05) is 6.61 Å². The number of unbranched alkanes of at least 4 members (excludes halogenated alkanes) is 1. The Balaban J connectivity index is 2.41. The molecule has 0 fully saturated rings. The van der Waals surface area contributed by atoms with Gasteiger partial charge in [0.2, 0.25) is 0 Å². The molecule has 1 N–H and O–H groups in total. The van der Waals surface area contributed by atoms with Crippen LogP contribution in [0.15, 0.2) is 24.3 Å². The number of aliphatic hydroxyl groups is 1. The summed E-state index contributed by atoms with van der Waals surface area (Å²) in [6.07, 6.45) is 2.98. The van der Waals surface area contributed by atoms with E-state index in [0.29, 0.717) is 13.0 Å². The first-order valence-corrected chi connectivity index (χ1v) is 7.31. The lowest BCUT2D eigenvalue weighted by molar-refractivity contribution is 0.166. The van der Waals surface area contributed by atoms with E-state index < -0.39 is 6.10 Å². The van der Waals surface area contributed by atoms with Crippen molar-refractivity contribution in [2.45, 2.75) is 52.6 Å². The molecule has 0 unspecified atom stereocenters. The van der Waals surface area contributed by atoms with Crippen molar-refractivity contribution >= 4 is 0 Å². The number of benzene rings is 1. The van der Waals surface area contributed by atoms with Crippen LogP contribution >= 0.6 is 0 Å². The van der Waals surface area contributed by atoms with Crippen molar-refractivity contribution in [3.8, 4) is 11.8 Å². The summed E-state index contributed by atoms with van der Waals surface area (Å²) in [6.45, 7) is 6.49. The van der Waals surface area contributed by atoms with Gasteiger partial charge in [0.05, 0.1) is 24.2 Å². The van der Waals surface area contributed by atoms with Gasteiger partial charge in [-0.2, -0.15) is 5.26 Å². The molecule has 0 spiro atoms. The molecule has 0 saturated carbocycles. The summed E-state index contributed by atoms with van der Waals surface area (Å²) in [6, 6.07) is 9.94. The SMILES string of the molecule is CC[C@H](O)c1ccccc1OCCCCC(C)(C)C#N. The molecule has 1 atom stereocenters. The average molecular weight is 275 g/mol. The summed E-state index contributed by atoms with van der Waals surface area (Å²) in [7, 11) is 0. The highest BCUT2D eigenvalue weighted by Crippen LogP contribution is 2.27. The molecule has 3 heteroatoms. The monoisotopic (exact) mass is 275 g/mol. The lowest BCUT2D eigenvalue weighted by Crippen LogP contribution is -2.09. The van der Waals surface area contributed by atoms with Crippen molar-refractivity contribution in [3.05, 3.63) is 29.8 Å². The summed E-state index contributed by atoms with van der Waals surface area (Å²) in [4.78, 5) is 0. The quantitative estimate of drug-likeness (QED) is 0.722. The minimum absolute atomic E-state index is 0.254. The molecule has 0 aromatic heterocycles. The van der Waals surface area contributed by atoms with Crippen molar-refractivity contribution in [1.82, 2.24) is 0 Å². The fraction of sp³-hybridized carbons (Fsp3) is 0.588. The molecule has 0 aliphatic carbocycles. The number of nitriles is 1. The highest BCUT2D eigenvalue weighted by molar-refractivity contribution is 5.34. The molecule has 0 aliphatic heterocycles. The molecule has 0 radical (unpaired) electrons. The zero-order chi connectivity index (χ0) is 15.0. The van der Waals surface area contributed by atoms with Crippen molar-refractivity contribution < 1.29 is 9.84 Å². The number of hydrogen-bond donors (Lipinski definition) is 1. The molecule has 0 aliphatic rings. The zero-order valence-corrected chi connectivity index (χ0v) is 12.7. The van der Waals surface area contributed by atoms with Gasteiger partial charge in [0, 0.05) is 5.56 Å². The standard InChI is InChI=1S/C17H25NO2/c1-4-15(19)14-9-5-6-10-16(14)20-12-8-7-11-17(2,3)13-18/h5-6,9-10,15,19H,4,7-8,11-12H2,1-3H3/t15-/m0/s1. The van der Waals surface area contributed by atoms with Crippen LogP contribution in [0.4, 0.5) is 0 Å². The minimum atomic E-state index is -0.469. The van der Waals surface area contributed by atoms with Gasteiger partial charge in [-0.05, 0) is 45.6 Å². The van der Waals surface area contributed by atoms with Gasteiger partial charge >= 0.3 is 0 Å². The Hall–Kier alpha value is -1.53. The second-order valence-corrected chi connectivity index (χ2v) is 5.76. The van der Waals surface area contributed by atoms with E-state index in [0.717, 1.165) is 30.6 Å². The summed E-state index contributed by atoms with van der Waals surface area (Å²) in [5.74, 6) is 0.765. The van der Waals surface area contributed by atoms with E-state index in [1.54, 1.807) is 0 Å². The van der Waals surface area contributed by atoms with Crippen LogP contribution in [0.2, 0.25) is 0 Å². The maximum atomic E-state index is 9.94. The molecular weight excluding hydrogens is 250 g/mol. The molecule has 0 heterocycles. The van der Waals surface area contributed by atoms with E-state index in [4.69, 9.17) is 10.00 Å². The molecule has 110 valence electrons. The van der Waals surface area contributed by atoms with Gasteiger partial charge in [-0.3, -0.25) is 0 Å². The molecule has 0 bridgehead atoms. The first-order chi connectivity index (χ1) is 9.50. The Morgan fingerprint density at radius 2 is 2.00 bits per heavy atom. The summed E-state index contributed by atoms with van der Waals surface area (Å²) in [5, 5.41) is 18.9. The summed E-state index contributed by atoms with van der Waals surface area (Å²) in [5.41, 5.74) is 0.600. The Bertz CT molecular complexity index is 449. The van der Waals surface area contributed by atoms with Crippen LogP contribution < -0.4 is 4.74 Å². The fourth-order valence-electron chi connectivity index (χ4n) is 2.01. The van der Waals surface area contributed by atoms with Crippen LogP contribution in [0.25, 0.3) is 0 Å². The second kappa shape index (κ2) is 7.91. The third-order valence-electron chi connectivity index (χ3n) is 3.42. The minimum Gasteiger partial charge on any atom is -0.493 e. The number of aliphatic hydroxyl groups excluding tert-OH is 1. The average Bonchev–Trinajstić information content (AvgIpc) is 2.46. The molecule has 1 aromatic rings. The smallest absolute Gasteiger partial charge is 0.125 e. The van der Waals surface area contributed by atoms with E-state index >= 15 is 0 Å². The number of rotatable bonds is 8. The number of nitrogens with zero attached hydrogens (tertiary/aromatic N) is 1. The highest BCUT2D eigenvalue weighted by atomic mass is 16.5. The Labute approximate surface area is 122 Å². The van der Waals surface area contributed by atoms with Gasteiger partial charge in [-0.15, -0.1) is 0 Å². The molecule has 0 amide bonds. The number of ether oxygens (including phenoxy) is 1. The molecule has 3 nitrogen and oxygen atoms in total. The van der Waals surface area contributed by atoms with Crippen LogP contribution in [0, 0.1) is 16.7 Å². The van der Waals surface area contributed by atoms with Crippen molar-refractivity contribution in [3.63, 3.8) is 0 Å². The predicted molar refractivity (Wildman–Crippen MR) is 80.4 cm³/mol. The number of para-hydroxylation sites is 1. The first kappa shape index (κ1) is 16.5. The van der Waals surface area contributed by atoms with Gasteiger partial charge in [0.1, 0.15) is 5.75 Å². The molecule has 1 rings (SSSR count). The van der Waals surface area contributed by atoms with E-state index in [1.165, 1.54) is 0 Å². The molecule has 0 saturated heterocycles. The lowest BCUT2D eigenvalue weighted by atomic mass is 9.89. The largest absolute Gasteiger partial charge is 0.493 e. The van der Waals surface area contributed by atoms with Crippen LogP contribution in [0.5, 0.6) is 5.75 Å². The maximum absolute atomic E-state index is 9.94. The van der Waals surface area contributed by atoms with Gasteiger partial charge < -0.3 is 9.84 Å². The van der Waals surface area contributed by atoms with Gasteiger partial charge in [-0.25, -0.2) is 0 Å². The zero-order valence-electron chi connectivity index (χ0n) is 12.7. The Morgan fingerprint density at radius 1 is 1.30 bits per heavy atom. The third kappa shape index (κ3) is 5.22. The van der Waals surface area contributed by atoms with Gasteiger partial charge in [0.15, 0.2) is 0 Å². The number of hydrogen-bond acceptors (Lipinski definition) is 3. The van der Waals surface area contributed by atoms with E-state index in [1.807, 2.05) is 45.0 Å². The van der Waals surface area contributed by atoms with Crippen molar-refractivity contribution in [2.24, 2.45) is 5.41 Å². The predicted octanol–water partition coefficient (Wildman–Crippen LogP) is 4.23. The summed E-state index contributed by atoms with van der Waals surface area (Å²) >= 11 is 0. The van der Waals surface area contributed by atoms with Gasteiger partial charge in [0.25, 0.3) is 0 Å². The molecule has 20 heavy (non-hydrogen) atoms. The van der Waals surface area contributed by atoms with Crippen LogP contribution in [0.3, 0.4) is 0 Å².